The van der Waals surface area contributed by atoms with Crippen LogP contribution in [-0.4, -0.2) is 22.8 Å². The lowest BCUT2D eigenvalue weighted by atomic mass is 9.74. The third kappa shape index (κ3) is 2.37. The molecule has 3 nitrogen and oxygen atoms in total. The molecule has 0 aromatic rings. The predicted molar refractivity (Wildman–Crippen MR) is 48.2 cm³/mol. The first-order valence-electron chi connectivity index (χ1n) is 4.71. The minimum atomic E-state index is -0.399. The maximum Gasteiger partial charge on any atom is 0.133 e. The molecule has 1 aliphatic rings. The van der Waals surface area contributed by atoms with Gasteiger partial charge in [-0.3, -0.25) is 9.59 Å². The SMILES string of the molecule is CC(=O)[C@@H]1CC[C@@H](O)C[C@H]1C(C)=O. The molecule has 1 N–H and O–H groups in total. The standard InChI is InChI=1S/C10H16O3/c1-6(11)9-4-3-8(13)5-10(9)7(2)12/h8-10,13H,3-5H2,1-2H3/t8-,9+,10+/m1/s1. The first-order chi connectivity index (χ1) is 6.02. The fraction of sp³-hybridized carbons (Fsp3) is 0.800. The Hall–Kier alpha value is -0.700. The van der Waals surface area contributed by atoms with Gasteiger partial charge in [0.25, 0.3) is 0 Å². The van der Waals surface area contributed by atoms with E-state index in [1.165, 1.54) is 13.8 Å². The predicted octanol–water partition coefficient (Wildman–Crippen LogP) is 0.942. The molecular weight excluding hydrogens is 168 g/mol. The Morgan fingerprint density at radius 3 is 2.08 bits per heavy atom. The molecule has 1 saturated carbocycles. The molecule has 0 radical (unpaired) electrons. The quantitative estimate of drug-likeness (QED) is 0.695. The Labute approximate surface area is 78.1 Å². The van der Waals surface area contributed by atoms with Crippen molar-refractivity contribution in [1.29, 1.82) is 0 Å². The van der Waals surface area contributed by atoms with Crippen molar-refractivity contribution in [3.8, 4) is 0 Å². The first kappa shape index (κ1) is 10.4. The Morgan fingerprint density at radius 1 is 1.08 bits per heavy atom. The summed E-state index contributed by atoms with van der Waals surface area (Å²) in [6.07, 6.45) is 1.36. The lowest BCUT2D eigenvalue weighted by molar-refractivity contribution is -0.133. The first-order valence-corrected chi connectivity index (χ1v) is 4.71. The van der Waals surface area contributed by atoms with Crippen LogP contribution >= 0.6 is 0 Å². The van der Waals surface area contributed by atoms with E-state index >= 15 is 0 Å². The Balaban J connectivity index is 2.72. The summed E-state index contributed by atoms with van der Waals surface area (Å²) < 4.78 is 0. The molecule has 3 atom stereocenters. The number of hydrogen-bond acceptors (Lipinski definition) is 3. The van der Waals surface area contributed by atoms with E-state index < -0.39 is 6.10 Å². The summed E-state index contributed by atoms with van der Waals surface area (Å²) in [4.78, 5) is 22.4. The number of ketones is 2. The average molecular weight is 184 g/mol. The van der Waals surface area contributed by atoms with Crippen LogP contribution in [0.5, 0.6) is 0 Å². The number of rotatable bonds is 2. The highest BCUT2D eigenvalue weighted by Gasteiger charge is 2.34. The molecule has 0 spiro atoms. The van der Waals surface area contributed by atoms with Crippen LogP contribution in [0.25, 0.3) is 0 Å². The molecule has 0 aromatic heterocycles. The molecule has 0 saturated heterocycles. The van der Waals surface area contributed by atoms with Crippen molar-refractivity contribution >= 4 is 11.6 Å². The van der Waals surface area contributed by atoms with Crippen LogP contribution in [0.3, 0.4) is 0 Å². The minimum Gasteiger partial charge on any atom is -0.393 e. The van der Waals surface area contributed by atoms with E-state index in [0.29, 0.717) is 19.3 Å². The van der Waals surface area contributed by atoms with Crippen molar-refractivity contribution in [3.63, 3.8) is 0 Å². The highest BCUT2D eigenvalue weighted by atomic mass is 16.3. The normalized spacial score (nSPS) is 34.2. The second-order valence-corrected chi connectivity index (χ2v) is 3.90. The summed E-state index contributed by atoms with van der Waals surface area (Å²) in [5.74, 6) is -0.298. The molecule has 0 bridgehead atoms. The zero-order chi connectivity index (χ0) is 10.0. The van der Waals surface area contributed by atoms with Gasteiger partial charge in [-0.05, 0) is 33.1 Å². The highest BCUT2D eigenvalue weighted by Crippen LogP contribution is 2.31. The van der Waals surface area contributed by atoms with Crippen LogP contribution in [0.2, 0.25) is 0 Å². The second-order valence-electron chi connectivity index (χ2n) is 3.90. The van der Waals surface area contributed by atoms with Gasteiger partial charge in [0.1, 0.15) is 11.6 Å². The van der Waals surface area contributed by atoms with Crippen LogP contribution in [0.4, 0.5) is 0 Å². The largest absolute Gasteiger partial charge is 0.393 e. The van der Waals surface area contributed by atoms with Gasteiger partial charge < -0.3 is 5.11 Å². The summed E-state index contributed by atoms with van der Waals surface area (Å²) in [6, 6.07) is 0. The van der Waals surface area contributed by atoms with Gasteiger partial charge in [0.15, 0.2) is 0 Å². The third-order valence-corrected chi connectivity index (χ3v) is 2.87. The van der Waals surface area contributed by atoms with Gasteiger partial charge in [0, 0.05) is 11.8 Å². The zero-order valence-corrected chi connectivity index (χ0v) is 8.12. The van der Waals surface area contributed by atoms with Crippen LogP contribution < -0.4 is 0 Å². The summed E-state index contributed by atoms with van der Waals surface area (Å²) >= 11 is 0. The number of aliphatic hydroxyl groups excluding tert-OH is 1. The summed E-state index contributed by atoms with van der Waals surface area (Å²) in [5, 5.41) is 9.36. The van der Waals surface area contributed by atoms with Crippen LogP contribution in [0.15, 0.2) is 0 Å². The monoisotopic (exact) mass is 184 g/mol. The molecule has 1 fully saturated rings. The van der Waals surface area contributed by atoms with E-state index in [-0.39, 0.29) is 23.4 Å². The number of carbonyl (C=O) groups is 2. The molecule has 0 aliphatic heterocycles. The van der Waals surface area contributed by atoms with Crippen molar-refractivity contribution in [1.82, 2.24) is 0 Å². The fourth-order valence-corrected chi connectivity index (χ4v) is 2.08. The Kier molecular flexibility index (Phi) is 3.20. The van der Waals surface area contributed by atoms with E-state index in [2.05, 4.69) is 0 Å². The van der Waals surface area contributed by atoms with Crippen molar-refractivity contribution in [2.75, 3.05) is 0 Å². The summed E-state index contributed by atoms with van der Waals surface area (Å²) in [6.45, 7) is 3.02. The lowest BCUT2D eigenvalue weighted by Crippen LogP contribution is -2.35. The highest BCUT2D eigenvalue weighted by molar-refractivity contribution is 5.87. The van der Waals surface area contributed by atoms with E-state index in [4.69, 9.17) is 0 Å². The van der Waals surface area contributed by atoms with Crippen LogP contribution in [-0.2, 0) is 9.59 Å². The second kappa shape index (κ2) is 4.01. The van der Waals surface area contributed by atoms with Crippen molar-refractivity contribution in [2.45, 2.75) is 39.2 Å². The number of aliphatic hydroxyl groups is 1. The number of hydrogen-bond donors (Lipinski definition) is 1. The van der Waals surface area contributed by atoms with Gasteiger partial charge in [-0.2, -0.15) is 0 Å². The maximum atomic E-state index is 11.2. The van der Waals surface area contributed by atoms with E-state index in [0.717, 1.165) is 0 Å². The maximum absolute atomic E-state index is 11.2. The minimum absolute atomic E-state index is 0.0268. The molecule has 1 rings (SSSR count). The van der Waals surface area contributed by atoms with Gasteiger partial charge in [0.2, 0.25) is 0 Å². The van der Waals surface area contributed by atoms with Crippen LogP contribution in [0.1, 0.15) is 33.1 Å². The average Bonchev–Trinajstić information content (AvgIpc) is 2.03. The number of carbonyl (C=O) groups excluding carboxylic acids is 2. The third-order valence-electron chi connectivity index (χ3n) is 2.87. The van der Waals surface area contributed by atoms with Gasteiger partial charge in [-0.1, -0.05) is 0 Å². The fourth-order valence-electron chi connectivity index (χ4n) is 2.08. The lowest BCUT2D eigenvalue weighted by Gasteiger charge is -2.30. The molecule has 0 unspecified atom stereocenters. The molecule has 0 amide bonds. The van der Waals surface area contributed by atoms with Gasteiger partial charge >= 0.3 is 0 Å². The van der Waals surface area contributed by atoms with E-state index in [1.807, 2.05) is 0 Å². The molecule has 3 heteroatoms. The Morgan fingerprint density at radius 2 is 1.62 bits per heavy atom. The summed E-state index contributed by atoms with van der Waals surface area (Å²) in [7, 11) is 0. The zero-order valence-electron chi connectivity index (χ0n) is 8.12. The van der Waals surface area contributed by atoms with Crippen molar-refractivity contribution < 1.29 is 14.7 Å². The molecular formula is C10H16O3. The van der Waals surface area contributed by atoms with Gasteiger partial charge in [-0.15, -0.1) is 0 Å². The topological polar surface area (TPSA) is 54.4 Å². The van der Waals surface area contributed by atoms with Crippen LogP contribution in [0, 0.1) is 11.8 Å². The van der Waals surface area contributed by atoms with Gasteiger partial charge in [-0.25, -0.2) is 0 Å². The van der Waals surface area contributed by atoms with Gasteiger partial charge in [0.05, 0.1) is 6.10 Å². The number of Topliss-reactive ketones (excluding diaryl/α,β-unsaturated/α-hetero) is 2. The molecule has 13 heavy (non-hydrogen) atoms. The van der Waals surface area contributed by atoms with E-state index in [9.17, 15) is 14.7 Å². The molecule has 0 heterocycles. The molecule has 74 valence electrons. The summed E-state index contributed by atoms with van der Waals surface area (Å²) in [5.41, 5.74) is 0. The molecule has 0 aromatic carbocycles. The molecule has 1 aliphatic carbocycles. The van der Waals surface area contributed by atoms with E-state index in [1.54, 1.807) is 0 Å². The van der Waals surface area contributed by atoms with Crippen molar-refractivity contribution in [3.05, 3.63) is 0 Å². The Bertz CT molecular complexity index is 222. The smallest absolute Gasteiger partial charge is 0.133 e. The van der Waals surface area contributed by atoms with Crippen molar-refractivity contribution in [2.24, 2.45) is 11.8 Å².